The first-order chi connectivity index (χ1) is 17.1. The molecule has 1 aromatic heterocycles. The fourth-order valence-electron chi connectivity index (χ4n) is 4.19. The number of aromatic nitrogens is 2. The van der Waals surface area contributed by atoms with E-state index in [2.05, 4.69) is 13.8 Å². The number of nitrogens with zero attached hydrogens (tertiary/aromatic N) is 3. The normalized spacial score (nSPS) is 12.9. The Kier molecular flexibility index (Phi) is 7.02. The van der Waals surface area contributed by atoms with Crippen LogP contribution in [0.2, 0.25) is 0 Å². The van der Waals surface area contributed by atoms with Crippen molar-refractivity contribution in [3.63, 3.8) is 0 Å². The Morgan fingerprint density at radius 1 is 0.944 bits per heavy atom. The van der Waals surface area contributed by atoms with Gasteiger partial charge in [-0.25, -0.2) is 13.4 Å². The number of rotatable bonds is 7. The van der Waals surface area contributed by atoms with Gasteiger partial charge in [0.05, 0.1) is 34.6 Å². The Balaban J connectivity index is 1.88. The molecule has 1 unspecified atom stereocenters. The fourth-order valence-corrected chi connectivity index (χ4v) is 5.51. The van der Waals surface area contributed by atoms with E-state index in [9.17, 15) is 13.2 Å². The van der Waals surface area contributed by atoms with E-state index in [0.29, 0.717) is 34.1 Å². The van der Waals surface area contributed by atoms with E-state index >= 15 is 0 Å². The van der Waals surface area contributed by atoms with Gasteiger partial charge in [0.2, 0.25) is 10.0 Å². The van der Waals surface area contributed by atoms with Gasteiger partial charge in [-0.3, -0.25) is 9.36 Å². The lowest BCUT2D eigenvalue weighted by atomic mass is 10.0. The SMILES string of the molecule is COc1ccc(-n2c(C(C)N(C)S(=O)(=O)c3ccc(C(C)C)cc3)nc3c(C)cccc3c2=O)cc1. The van der Waals surface area contributed by atoms with Gasteiger partial charge in [-0.1, -0.05) is 38.1 Å². The number of ether oxygens (including phenoxy) is 1. The maximum absolute atomic E-state index is 13.7. The molecule has 8 heteroatoms. The molecular weight excluding hydrogens is 474 g/mol. The number of para-hydroxylation sites is 1. The molecule has 188 valence electrons. The molecule has 0 amide bonds. The van der Waals surface area contributed by atoms with Crippen LogP contribution in [0.1, 0.15) is 49.7 Å². The number of benzene rings is 3. The minimum atomic E-state index is -3.86. The van der Waals surface area contributed by atoms with Crippen molar-refractivity contribution in [2.24, 2.45) is 0 Å². The van der Waals surface area contributed by atoms with E-state index in [1.807, 2.05) is 31.2 Å². The highest BCUT2D eigenvalue weighted by molar-refractivity contribution is 7.89. The minimum Gasteiger partial charge on any atom is -0.497 e. The molecule has 7 nitrogen and oxygen atoms in total. The van der Waals surface area contributed by atoms with Crippen LogP contribution in [-0.4, -0.2) is 36.4 Å². The highest BCUT2D eigenvalue weighted by Crippen LogP contribution is 2.28. The van der Waals surface area contributed by atoms with Gasteiger partial charge < -0.3 is 4.74 Å². The largest absolute Gasteiger partial charge is 0.497 e. The van der Waals surface area contributed by atoms with Crippen LogP contribution < -0.4 is 10.3 Å². The second-order valence-corrected chi connectivity index (χ2v) is 11.2. The maximum atomic E-state index is 13.7. The average Bonchev–Trinajstić information content (AvgIpc) is 2.88. The Labute approximate surface area is 212 Å². The van der Waals surface area contributed by atoms with E-state index in [1.54, 1.807) is 56.5 Å². The lowest BCUT2D eigenvalue weighted by molar-refractivity contribution is 0.379. The summed E-state index contributed by atoms with van der Waals surface area (Å²) in [5, 5.41) is 0.469. The molecule has 0 spiro atoms. The summed E-state index contributed by atoms with van der Waals surface area (Å²) in [6, 6.07) is 18.7. The summed E-state index contributed by atoms with van der Waals surface area (Å²) in [5.74, 6) is 1.27. The van der Waals surface area contributed by atoms with Crippen molar-refractivity contribution in [1.82, 2.24) is 13.9 Å². The van der Waals surface area contributed by atoms with Crippen LogP contribution in [0.25, 0.3) is 16.6 Å². The van der Waals surface area contributed by atoms with Crippen LogP contribution in [-0.2, 0) is 10.0 Å². The van der Waals surface area contributed by atoms with Gasteiger partial charge in [0.1, 0.15) is 11.6 Å². The third-order valence-electron chi connectivity index (χ3n) is 6.60. The van der Waals surface area contributed by atoms with E-state index in [4.69, 9.17) is 9.72 Å². The van der Waals surface area contributed by atoms with Crippen LogP contribution in [0.3, 0.4) is 0 Å². The van der Waals surface area contributed by atoms with Crippen molar-refractivity contribution in [1.29, 1.82) is 0 Å². The van der Waals surface area contributed by atoms with Crippen molar-refractivity contribution in [2.75, 3.05) is 14.2 Å². The molecule has 0 fully saturated rings. The molecule has 0 aliphatic rings. The van der Waals surface area contributed by atoms with Crippen LogP contribution >= 0.6 is 0 Å². The zero-order valence-corrected chi connectivity index (χ0v) is 22.2. The first-order valence-corrected chi connectivity index (χ1v) is 13.2. The molecule has 0 saturated carbocycles. The molecule has 3 aromatic carbocycles. The number of aryl methyl sites for hydroxylation is 1. The molecule has 1 atom stereocenters. The summed E-state index contributed by atoms with van der Waals surface area (Å²) in [6.07, 6.45) is 0. The number of fused-ring (bicyclic) bond motifs is 1. The molecule has 0 N–H and O–H groups in total. The number of hydrogen-bond donors (Lipinski definition) is 0. The minimum absolute atomic E-state index is 0.191. The van der Waals surface area contributed by atoms with Crippen molar-refractivity contribution in [3.8, 4) is 11.4 Å². The molecule has 0 radical (unpaired) electrons. The third-order valence-corrected chi connectivity index (χ3v) is 8.54. The standard InChI is InChI=1S/C28H31N3O4S/c1-18(2)21-10-16-24(17-11-21)36(33,34)30(5)20(4)27-29-26-19(3)8-7-9-25(26)28(32)31(27)22-12-14-23(35-6)15-13-22/h7-18,20H,1-6H3. The summed E-state index contributed by atoms with van der Waals surface area (Å²) in [7, 11) is -0.768. The first-order valence-electron chi connectivity index (χ1n) is 11.8. The van der Waals surface area contributed by atoms with E-state index in [0.717, 1.165) is 11.1 Å². The molecular formula is C28H31N3O4S. The summed E-state index contributed by atoms with van der Waals surface area (Å²) in [4.78, 5) is 18.8. The summed E-state index contributed by atoms with van der Waals surface area (Å²) in [5.41, 5.74) is 2.77. The zero-order chi connectivity index (χ0) is 26.2. The van der Waals surface area contributed by atoms with Crippen LogP contribution in [0.15, 0.2) is 76.4 Å². The van der Waals surface area contributed by atoms with Gasteiger partial charge in [-0.15, -0.1) is 0 Å². The van der Waals surface area contributed by atoms with Crippen molar-refractivity contribution < 1.29 is 13.2 Å². The second kappa shape index (κ2) is 9.87. The van der Waals surface area contributed by atoms with Crippen molar-refractivity contribution in [2.45, 2.75) is 44.6 Å². The van der Waals surface area contributed by atoms with Gasteiger partial charge in [-0.05, 0) is 73.4 Å². The number of sulfonamides is 1. The van der Waals surface area contributed by atoms with Gasteiger partial charge in [0, 0.05) is 7.05 Å². The van der Waals surface area contributed by atoms with E-state index in [-0.39, 0.29) is 10.5 Å². The predicted octanol–water partition coefficient (Wildman–Crippen LogP) is 5.21. The Morgan fingerprint density at radius 2 is 1.58 bits per heavy atom. The average molecular weight is 506 g/mol. The number of methoxy groups -OCH3 is 1. The quantitative estimate of drug-likeness (QED) is 0.345. The first kappa shape index (κ1) is 25.6. The van der Waals surface area contributed by atoms with Crippen LogP contribution in [0.4, 0.5) is 0 Å². The Morgan fingerprint density at radius 3 is 2.17 bits per heavy atom. The smallest absolute Gasteiger partial charge is 0.266 e. The summed E-state index contributed by atoms with van der Waals surface area (Å²) in [6.45, 7) is 7.75. The number of hydrogen-bond acceptors (Lipinski definition) is 5. The van der Waals surface area contributed by atoms with Crippen molar-refractivity contribution in [3.05, 3.63) is 94.0 Å². The Bertz CT molecular complexity index is 1560. The maximum Gasteiger partial charge on any atom is 0.266 e. The lowest BCUT2D eigenvalue weighted by Gasteiger charge is -2.27. The molecule has 0 saturated heterocycles. The van der Waals surface area contributed by atoms with Crippen LogP contribution in [0, 0.1) is 6.92 Å². The molecule has 36 heavy (non-hydrogen) atoms. The highest BCUT2D eigenvalue weighted by Gasteiger charge is 2.30. The lowest BCUT2D eigenvalue weighted by Crippen LogP contribution is -2.35. The van der Waals surface area contributed by atoms with Gasteiger partial charge in [0.15, 0.2) is 0 Å². The summed E-state index contributed by atoms with van der Waals surface area (Å²) < 4.78 is 35.2. The van der Waals surface area contributed by atoms with Gasteiger partial charge >= 0.3 is 0 Å². The van der Waals surface area contributed by atoms with E-state index < -0.39 is 16.1 Å². The second-order valence-electron chi connectivity index (χ2n) is 9.20. The monoisotopic (exact) mass is 505 g/mol. The topological polar surface area (TPSA) is 81.5 Å². The van der Waals surface area contributed by atoms with Crippen molar-refractivity contribution >= 4 is 20.9 Å². The zero-order valence-electron chi connectivity index (χ0n) is 21.4. The highest BCUT2D eigenvalue weighted by atomic mass is 32.2. The molecule has 0 bridgehead atoms. The molecule has 4 rings (SSSR count). The molecule has 0 aliphatic carbocycles. The predicted molar refractivity (Wildman–Crippen MR) is 143 cm³/mol. The van der Waals surface area contributed by atoms with Gasteiger partial charge in [-0.2, -0.15) is 4.31 Å². The Hall–Kier alpha value is -3.49. The molecule has 0 aliphatic heterocycles. The fraction of sp³-hybridized carbons (Fsp3) is 0.286. The third kappa shape index (κ3) is 4.54. The molecule has 4 aromatic rings. The van der Waals surface area contributed by atoms with E-state index in [1.165, 1.54) is 15.9 Å². The van der Waals surface area contributed by atoms with Crippen LogP contribution in [0.5, 0.6) is 5.75 Å². The molecule has 1 heterocycles. The van der Waals surface area contributed by atoms with Gasteiger partial charge in [0.25, 0.3) is 5.56 Å². The summed E-state index contributed by atoms with van der Waals surface area (Å²) >= 11 is 0.